The molecule has 3 rings (SSSR count). The van der Waals surface area contributed by atoms with Crippen molar-refractivity contribution in [3.63, 3.8) is 0 Å². The first-order chi connectivity index (χ1) is 8.89. The summed E-state index contributed by atoms with van der Waals surface area (Å²) >= 11 is 0. The molecule has 7 heteroatoms. The molecular formula is C12H12N2O4S. The Bertz CT molecular complexity index is 722. The molecule has 1 heterocycles. The van der Waals surface area contributed by atoms with Crippen molar-refractivity contribution in [2.75, 3.05) is 5.32 Å². The van der Waals surface area contributed by atoms with Crippen LogP contribution in [0.5, 0.6) is 0 Å². The van der Waals surface area contributed by atoms with Crippen molar-refractivity contribution in [3.05, 3.63) is 22.8 Å². The lowest BCUT2D eigenvalue weighted by Crippen LogP contribution is -2.18. The number of amides is 1. The molecular weight excluding hydrogens is 268 g/mol. The molecule has 0 saturated carbocycles. The molecule has 0 bridgehead atoms. The highest BCUT2D eigenvalue weighted by Gasteiger charge is 2.34. The van der Waals surface area contributed by atoms with E-state index in [4.69, 9.17) is 5.14 Å². The van der Waals surface area contributed by atoms with Crippen LogP contribution >= 0.6 is 0 Å². The first kappa shape index (κ1) is 12.3. The minimum Gasteiger partial charge on any atom is -0.318 e. The lowest BCUT2D eigenvalue weighted by Gasteiger charge is -2.21. The van der Waals surface area contributed by atoms with Gasteiger partial charge in [-0.1, -0.05) is 0 Å². The Hall–Kier alpha value is -1.73. The molecule has 0 saturated heterocycles. The standard InChI is InChI=1S/C12H12N2O4S/c13-19(17,18)9-5-8-10(14-12(16)11(8)15)7-4-2-1-3-6(7)9/h5H,1-4H2,(H2,13,17,18)(H,14,15,16). The predicted molar refractivity (Wildman–Crippen MR) is 67.4 cm³/mol. The van der Waals surface area contributed by atoms with Gasteiger partial charge in [0.1, 0.15) is 0 Å². The van der Waals surface area contributed by atoms with E-state index < -0.39 is 21.7 Å². The van der Waals surface area contributed by atoms with E-state index in [0.29, 0.717) is 24.1 Å². The molecule has 100 valence electrons. The number of nitrogens with two attached hydrogens (primary N) is 1. The van der Waals surface area contributed by atoms with Gasteiger partial charge in [0.15, 0.2) is 0 Å². The number of rotatable bonds is 1. The number of benzene rings is 1. The molecule has 1 aromatic rings. The van der Waals surface area contributed by atoms with Gasteiger partial charge < -0.3 is 5.32 Å². The van der Waals surface area contributed by atoms with Crippen LogP contribution in [0.25, 0.3) is 0 Å². The number of sulfonamides is 1. The molecule has 0 fully saturated rings. The third-order valence-electron chi connectivity index (χ3n) is 3.61. The van der Waals surface area contributed by atoms with Crippen LogP contribution in [0.1, 0.15) is 34.3 Å². The van der Waals surface area contributed by atoms with E-state index in [1.54, 1.807) is 0 Å². The summed E-state index contributed by atoms with van der Waals surface area (Å²) in [7, 11) is -3.90. The second kappa shape index (κ2) is 3.88. The molecule has 19 heavy (non-hydrogen) atoms. The third-order valence-corrected chi connectivity index (χ3v) is 4.59. The Morgan fingerprint density at radius 2 is 1.74 bits per heavy atom. The van der Waals surface area contributed by atoms with Gasteiger partial charge in [-0.25, -0.2) is 13.6 Å². The lowest BCUT2D eigenvalue weighted by atomic mass is 9.88. The van der Waals surface area contributed by atoms with Crippen molar-refractivity contribution in [2.45, 2.75) is 30.6 Å². The van der Waals surface area contributed by atoms with Crippen LogP contribution in [0.2, 0.25) is 0 Å². The van der Waals surface area contributed by atoms with Crippen LogP contribution < -0.4 is 10.5 Å². The molecule has 1 amide bonds. The topological polar surface area (TPSA) is 106 Å². The fourth-order valence-electron chi connectivity index (χ4n) is 2.77. The van der Waals surface area contributed by atoms with Gasteiger partial charge in [-0.15, -0.1) is 0 Å². The van der Waals surface area contributed by atoms with Gasteiger partial charge in [-0.2, -0.15) is 0 Å². The molecule has 2 aliphatic rings. The molecule has 0 spiro atoms. The normalized spacial score (nSPS) is 17.9. The highest BCUT2D eigenvalue weighted by Crippen LogP contribution is 2.38. The maximum absolute atomic E-state index is 11.7. The molecule has 3 N–H and O–H groups in total. The van der Waals surface area contributed by atoms with Gasteiger partial charge in [0.2, 0.25) is 10.0 Å². The van der Waals surface area contributed by atoms with Gasteiger partial charge in [0.05, 0.1) is 16.1 Å². The summed E-state index contributed by atoms with van der Waals surface area (Å²) in [6, 6.07) is 1.23. The Balaban J connectivity index is 2.36. The highest BCUT2D eigenvalue weighted by molar-refractivity contribution is 7.89. The van der Waals surface area contributed by atoms with Crippen molar-refractivity contribution in [1.82, 2.24) is 0 Å². The number of hydrogen-bond donors (Lipinski definition) is 2. The summed E-state index contributed by atoms with van der Waals surface area (Å²) < 4.78 is 23.3. The summed E-state index contributed by atoms with van der Waals surface area (Å²) in [6.07, 6.45) is 3.01. The summed E-state index contributed by atoms with van der Waals surface area (Å²) in [5, 5.41) is 7.74. The van der Waals surface area contributed by atoms with Crippen molar-refractivity contribution in [2.24, 2.45) is 5.14 Å². The molecule has 0 atom stereocenters. The minimum atomic E-state index is -3.90. The van der Waals surface area contributed by atoms with Gasteiger partial charge >= 0.3 is 0 Å². The van der Waals surface area contributed by atoms with Crippen LogP contribution in [0.15, 0.2) is 11.0 Å². The second-order valence-corrected chi connectivity index (χ2v) is 6.32. The van der Waals surface area contributed by atoms with E-state index >= 15 is 0 Å². The van der Waals surface area contributed by atoms with Gasteiger partial charge in [0.25, 0.3) is 11.7 Å². The largest absolute Gasteiger partial charge is 0.318 e. The fraction of sp³-hybridized carbons (Fsp3) is 0.333. The van der Waals surface area contributed by atoms with Crippen LogP contribution in [-0.4, -0.2) is 20.1 Å². The van der Waals surface area contributed by atoms with Crippen LogP contribution in [-0.2, 0) is 27.7 Å². The Morgan fingerprint density at radius 1 is 1.11 bits per heavy atom. The summed E-state index contributed by atoms with van der Waals surface area (Å²) in [5.41, 5.74) is 1.97. The SMILES string of the molecule is NS(=O)(=O)c1cc2c(c3c1CCCC3)NC(=O)C2=O. The first-order valence-electron chi connectivity index (χ1n) is 5.97. The number of carbonyl (C=O) groups is 2. The zero-order valence-corrected chi connectivity index (χ0v) is 10.8. The quantitative estimate of drug-likeness (QED) is 0.724. The zero-order valence-electron chi connectivity index (χ0n) is 10.0. The van der Waals surface area contributed by atoms with E-state index in [9.17, 15) is 18.0 Å². The van der Waals surface area contributed by atoms with Crippen LogP contribution in [0, 0.1) is 0 Å². The van der Waals surface area contributed by atoms with E-state index in [1.807, 2.05) is 0 Å². The number of anilines is 1. The molecule has 0 aromatic heterocycles. The summed E-state index contributed by atoms with van der Waals surface area (Å²) in [5.74, 6) is -1.41. The number of hydrogen-bond acceptors (Lipinski definition) is 4. The maximum Gasteiger partial charge on any atom is 0.296 e. The lowest BCUT2D eigenvalue weighted by molar-refractivity contribution is -0.112. The van der Waals surface area contributed by atoms with Crippen molar-refractivity contribution in [1.29, 1.82) is 0 Å². The average Bonchev–Trinajstić information content (AvgIpc) is 2.64. The molecule has 0 radical (unpaired) electrons. The van der Waals surface area contributed by atoms with E-state index in [0.717, 1.165) is 18.4 Å². The third kappa shape index (κ3) is 1.77. The van der Waals surface area contributed by atoms with Gasteiger partial charge in [-0.05, 0) is 42.9 Å². The summed E-state index contributed by atoms with van der Waals surface area (Å²) in [4.78, 5) is 23.1. The van der Waals surface area contributed by atoms with Crippen LogP contribution in [0.4, 0.5) is 5.69 Å². The molecule has 0 unspecified atom stereocenters. The second-order valence-electron chi connectivity index (χ2n) is 4.79. The number of primary sulfonamides is 1. The average molecular weight is 280 g/mol. The van der Waals surface area contributed by atoms with Crippen molar-refractivity contribution >= 4 is 27.4 Å². The highest BCUT2D eigenvalue weighted by atomic mass is 32.2. The Morgan fingerprint density at radius 3 is 2.37 bits per heavy atom. The zero-order chi connectivity index (χ0) is 13.8. The summed E-state index contributed by atoms with van der Waals surface area (Å²) in [6.45, 7) is 0. The minimum absolute atomic E-state index is 0.0224. The molecule has 6 nitrogen and oxygen atoms in total. The molecule has 1 aromatic carbocycles. The molecule has 1 aliphatic carbocycles. The predicted octanol–water partition coefficient (Wildman–Crippen LogP) is 0.348. The Labute approximate surface area is 110 Å². The van der Waals surface area contributed by atoms with Crippen molar-refractivity contribution < 1.29 is 18.0 Å². The number of fused-ring (bicyclic) bond motifs is 3. The van der Waals surface area contributed by atoms with E-state index in [2.05, 4.69) is 5.32 Å². The monoisotopic (exact) mass is 280 g/mol. The Kier molecular flexibility index (Phi) is 2.51. The van der Waals surface area contributed by atoms with Gasteiger partial charge in [0, 0.05) is 0 Å². The maximum atomic E-state index is 11.7. The first-order valence-corrected chi connectivity index (χ1v) is 7.51. The number of carbonyl (C=O) groups excluding carboxylic acids is 2. The van der Waals surface area contributed by atoms with E-state index in [-0.39, 0.29) is 10.5 Å². The van der Waals surface area contributed by atoms with Crippen LogP contribution in [0.3, 0.4) is 0 Å². The number of Topliss-reactive ketones (excluding diaryl/α,β-unsaturated/α-hetero) is 1. The van der Waals surface area contributed by atoms with E-state index in [1.165, 1.54) is 6.07 Å². The molecule has 1 aliphatic heterocycles. The van der Waals surface area contributed by atoms with Gasteiger partial charge in [-0.3, -0.25) is 9.59 Å². The fourth-order valence-corrected chi connectivity index (χ4v) is 3.63. The van der Waals surface area contributed by atoms with Crippen molar-refractivity contribution in [3.8, 4) is 0 Å². The number of nitrogens with one attached hydrogen (secondary N) is 1. The number of ketones is 1. The smallest absolute Gasteiger partial charge is 0.296 e.